The second-order valence-corrected chi connectivity index (χ2v) is 8.82. The maximum Gasteiger partial charge on any atom is 0.318 e. The number of nitrogens with zero attached hydrogens (tertiary/aromatic N) is 1. The van der Waals surface area contributed by atoms with Crippen LogP contribution in [0.25, 0.3) is 0 Å². The summed E-state index contributed by atoms with van der Waals surface area (Å²) in [5, 5.41) is 11.1. The minimum absolute atomic E-state index is 0.0326. The van der Waals surface area contributed by atoms with Crippen LogP contribution in [-0.4, -0.2) is 37.3 Å². The van der Waals surface area contributed by atoms with Crippen LogP contribution in [0.15, 0.2) is 36.4 Å². The van der Waals surface area contributed by atoms with Crippen molar-refractivity contribution in [3.05, 3.63) is 57.6 Å². The van der Waals surface area contributed by atoms with E-state index in [4.69, 9.17) is 18.9 Å². The average molecular weight is 427 g/mol. The molecule has 8 heteroatoms. The zero-order valence-electron chi connectivity index (χ0n) is 18.1. The van der Waals surface area contributed by atoms with Gasteiger partial charge in [0, 0.05) is 35.6 Å². The lowest BCUT2D eigenvalue weighted by Crippen LogP contribution is -2.34. The first-order valence-electron chi connectivity index (χ1n) is 10.0. The van der Waals surface area contributed by atoms with Gasteiger partial charge in [-0.25, -0.2) is 0 Å². The first kappa shape index (κ1) is 21.0. The number of fused-ring (bicyclic) bond motifs is 3. The summed E-state index contributed by atoms with van der Waals surface area (Å²) in [4.78, 5) is 24.2. The summed E-state index contributed by atoms with van der Waals surface area (Å²) >= 11 is 0. The molecule has 2 aliphatic rings. The fraction of sp³-hybridized carbons (Fsp3) is 0.435. The summed E-state index contributed by atoms with van der Waals surface area (Å²) in [7, 11) is 3.10. The SMILES string of the molecule is COc1cc2c(cc1OC)C1C(CO2)C1(C(=O)OC(C)(C)C)c1ccc([N+](=O)[O-])cc1. The number of carbonyl (C=O) groups is 1. The highest BCUT2D eigenvalue weighted by Crippen LogP contribution is 2.70. The van der Waals surface area contributed by atoms with E-state index in [0.717, 1.165) is 5.56 Å². The molecule has 2 aromatic rings. The maximum absolute atomic E-state index is 13.5. The number of methoxy groups -OCH3 is 2. The quantitative estimate of drug-likeness (QED) is 0.404. The molecule has 0 aromatic heterocycles. The molecule has 0 spiro atoms. The summed E-state index contributed by atoms with van der Waals surface area (Å²) in [6.07, 6.45) is 0. The molecule has 4 rings (SSSR count). The Morgan fingerprint density at radius 3 is 2.29 bits per heavy atom. The van der Waals surface area contributed by atoms with Gasteiger partial charge in [-0.1, -0.05) is 12.1 Å². The molecule has 3 unspecified atom stereocenters. The van der Waals surface area contributed by atoms with Crippen molar-refractivity contribution >= 4 is 11.7 Å². The van der Waals surface area contributed by atoms with Crippen LogP contribution in [0.2, 0.25) is 0 Å². The number of hydrogen-bond donors (Lipinski definition) is 0. The molecule has 164 valence electrons. The summed E-state index contributed by atoms with van der Waals surface area (Å²) in [5.41, 5.74) is -0.202. The van der Waals surface area contributed by atoms with Crippen molar-refractivity contribution in [2.75, 3.05) is 20.8 Å². The number of hydrogen-bond acceptors (Lipinski definition) is 7. The van der Waals surface area contributed by atoms with E-state index < -0.39 is 15.9 Å². The summed E-state index contributed by atoms with van der Waals surface area (Å²) in [5.74, 6) is 0.987. The first-order valence-corrected chi connectivity index (χ1v) is 10.0. The fourth-order valence-electron chi connectivity index (χ4n) is 4.58. The number of carbonyl (C=O) groups excluding carboxylic acids is 1. The molecule has 0 saturated heterocycles. The highest BCUT2D eigenvalue weighted by molar-refractivity contribution is 5.91. The van der Waals surface area contributed by atoms with E-state index in [0.29, 0.717) is 29.4 Å². The highest BCUT2D eigenvalue weighted by atomic mass is 16.6. The zero-order valence-corrected chi connectivity index (χ0v) is 18.1. The van der Waals surface area contributed by atoms with Crippen molar-refractivity contribution in [1.82, 2.24) is 0 Å². The lowest BCUT2D eigenvalue weighted by Gasteiger charge is -2.25. The number of nitro groups is 1. The molecule has 3 atom stereocenters. The van der Waals surface area contributed by atoms with Crippen molar-refractivity contribution in [2.24, 2.45) is 5.92 Å². The van der Waals surface area contributed by atoms with Crippen molar-refractivity contribution in [3.63, 3.8) is 0 Å². The van der Waals surface area contributed by atoms with Gasteiger partial charge < -0.3 is 18.9 Å². The Morgan fingerprint density at radius 1 is 1.13 bits per heavy atom. The molecule has 0 amide bonds. The van der Waals surface area contributed by atoms with Gasteiger partial charge in [0.2, 0.25) is 0 Å². The van der Waals surface area contributed by atoms with Crippen LogP contribution in [0.1, 0.15) is 37.8 Å². The van der Waals surface area contributed by atoms with E-state index in [1.807, 2.05) is 26.8 Å². The summed E-state index contributed by atoms with van der Waals surface area (Å²) in [6.45, 7) is 5.78. The van der Waals surface area contributed by atoms with E-state index in [1.165, 1.54) is 12.1 Å². The number of ether oxygens (including phenoxy) is 4. The maximum atomic E-state index is 13.5. The highest BCUT2D eigenvalue weighted by Gasteiger charge is 2.74. The van der Waals surface area contributed by atoms with Gasteiger partial charge in [0.1, 0.15) is 16.8 Å². The monoisotopic (exact) mass is 427 g/mol. The molecule has 31 heavy (non-hydrogen) atoms. The van der Waals surface area contributed by atoms with Crippen LogP contribution in [0.4, 0.5) is 5.69 Å². The molecule has 0 radical (unpaired) electrons. The Morgan fingerprint density at radius 2 is 1.74 bits per heavy atom. The molecule has 0 bridgehead atoms. The Labute approximate surface area is 180 Å². The minimum Gasteiger partial charge on any atom is -0.493 e. The Bertz CT molecular complexity index is 1040. The molecule has 0 N–H and O–H groups in total. The fourth-order valence-corrected chi connectivity index (χ4v) is 4.58. The Balaban J connectivity index is 1.84. The van der Waals surface area contributed by atoms with Crippen LogP contribution in [0.3, 0.4) is 0 Å². The van der Waals surface area contributed by atoms with Gasteiger partial charge >= 0.3 is 5.97 Å². The third kappa shape index (κ3) is 3.26. The van der Waals surface area contributed by atoms with E-state index in [-0.39, 0.29) is 23.5 Å². The van der Waals surface area contributed by atoms with E-state index in [9.17, 15) is 14.9 Å². The number of nitro benzene ring substituents is 1. The van der Waals surface area contributed by atoms with E-state index in [1.54, 1.807) is 32.4 Å². The predicted octanol–water partition coefficient (Wildman–Crippen LogP) is 4.00. The van der Waals surface area contributed by atoms with Crippen LogP contribution < -0.4 is 14.2 Å². The van der Waals surface area contributed by atoms with Crippen molar-refractivity contribution in [3.8, 4) is 17.2 Å². The van der Waals surface area contributed by atoms with Gasteiger partial charge in [0.25, 0.3) is 5.69 Å². The molecule has 2 aromatic carbocycles. The second kappa shape index (κ2) is 7.14. The number of non-ortho nitro benzene ring substituents is 1. The minimum atomic E-state index is -0.993. The van der Waals surface area contributed by atoms with Gasteiger partial charge in [0.15, 0.2) is 11.5 Å². The smallest absolute Gasteiger partial charge is 0.318 e. The zero-order chi connectivity index (χ0) is 22.6. The van der Waals surface area contributed by atoms with Crippen LogP contribution in [0, 0.1) is 16.0 Å². The van der Waals surface area contributed by atoms with Gasteiger partial charge in [0.05, 0.1) is 25.7 Å². The average Bonchev–Trinajstić information content (AvgIpc) is 3.42. The number of benzene rings is 2. The van der Waals surface area contributed by atoms with Crippen molar-refractivity contribution < 1.29 is 28.7 Å². The van der Waals surface area contributed by atoms with Crippen LogP contribution in [0.5, 0.6) is 17.2 Å². The number of esters is 1. The summed E-state index contributed by atoms with van der Waals surface area (Å²) in [6, 6.07) is 9.72. The third-order valence-electron chi connectivity index (χ3n) is 5.93. The molecule has 1 saturated carbocycles. The molecular weight excluding hydrogens is 402 g/mol. The van der Waals surface area contributed by atoms with E-state index in [2.05, 4.69) is 0 Å². The van der Waals surface area contributed by atoms with Gasteiger partial charge in [-0.15, -0.1) is 0 Å². The Kier molecular flexibility index (Phi) is 4.83. The van der Waals surface area contributed by atoms with Gasteiger partial charge in [-0.2, -0.15) is 0 Å². The molecule has 1 heterocycles. The molecular formula is C23H25NO7. The van der Waals surface area contributed by atoms with Crippen LogP contribution in [-0.2, 0) is 14.9 Å². The van der Waals surface area contributed by atoms with Gasteiger partial charge in [-0.3, -0.25) is 14.9 Å². The second-order valence-electron chi connectivity index (χ2n) is 8.82. The van der Waals surface area contributed by atoms with Crippen molar-refractivity contribution in [2.45, 2.75) is 37.7 Å². The topological polar surface area (TPSA) is 97.1 Å². The molecule has 8 nitrogen and oxygen atoms in total. The third-order valence-corrected chi connectivity index (χ3v) is 5.93. The normalized spacial score (nSPS) is 23.6. The lowest BCUT2D eigenvalue weighted by atomic mass is 9.89. The van der Waals surface area contributed by atoms with Crippen molar-refractivity contribution in [1.29, 1.82) is 0 Å². The Hall–Kier alpha value is -3.29. The lowest BCUT2D eigenvalue weighted by molar-refractivity contribution is -0.384. The largest absolute Gasteiger partial charge is 0.493 e. The van der Waals surface area contributed by atoms with Crippen LogP contribution >= 0.6 is 0 Å². The van der Waals surface area contributed by atoms with Gasteiger partial charge in [-0.05, 0) is 32.4 Å². The molecule has 1 fully saturated rings. The molecule has 1 aliphatic heterocycles. The number of rotatable bonds is 5. The predicted molar refractivity (Wildman–Crippen MR) is 112 cm³/mol. The first-order chi connectivity index (χ1) is 14.6. The summed E-state index contributed by atoms with van der Waals surface area (Å²) < 4.78 is 22.6. The van der Waals surface area contributed by atoms with E-state index >= 15 is 0 Å². The molecule has 1 aliphatic carbocycles. The standard InChI is InChI=1S/C23H25NO7/c1-22(2,3)31-21(25)23(13-6-8-14(9-7-13)24(26)27)16-12-30-17-11-19(29-5)18(28-4)10-15(17)20(16)23/h6-11,16,20H,12H2,1-5H3.